The first-order valence-corrected chi connectivity index (χ1v) is 5.04. The highest BCUT2D eigenvalue weighted by Crippen LogP contribution is 2.30. The van der Waals surface area contributed by atoms with Crippen LogP contribution in [-0.4, -0.2) is 28.7 Å². The van der Waals surface area contributed by atoms with Crippen LogP contribution < -0.4 is 0 Å². The van der Waals surface area contributed by atoms with Crippen LogP contribution >= 0.6 is 0 Å². The molecule has 0 spiro atoms. The highest BCUT2D eigenvalue weighted by atomic mass is 16.5. The summed E-state index contributed by atoms with van der Waals surface area (Å²) < 4.78 is 5.47. The molecule has 1 fully saturated rings. The SMILES string of the molecule is C=CC(=O)C(C)(O)CC1CC(CC)O1. The van der Waals surface area contributed by atoms with Gasteiger partial charge < -0.3 is 9.84 Å². The molecule has 3 nitrogen and oxygen atoms in total. The van der Waals surface area contributed by atoms with E-state index in [0.717, 1.165) is 18.9 Å². The fourth-order valence-electron chi connectivity index (χ4n) is 1.71. The minimum absolute atomic E-state index is 0.0267. The fourth-order valence-corrected chi connectivity index (χ4v) is 1.71. The highest BCUT2D eigenvalue weighted by molar-refractivity contribution is 5.95. The van der Waals surface area contributed by atoms with Crippen LogP contribution in [-0.2, 0) is 9.53 Å². The number of carbonyl (C=O) groups is 1. The van der Waals surface area contributed by atoms with E-state index < -0.39 is 5.60 Å². The molecule has 0 aromatic rings. The summed E-state index contributed by atoms with van der Waals surface area (Å²) in [5.74, 6) is -0.332. The summed E-state index contributed by atoms with van der Waals surface area (Å²) in [5.41, 5.74) is -1.31. The largest absolute Gasteiger partial charge is 0.382 e. The Morgan fingerprint density at radius 3 is 2.71 bits per heavy atom. The second-order valence-electron chi connectivity index (χ2n) is 4.07. The molecular formula is C11H18O3. The van der Waals surface area contributed by atoms with E-state index >= 15 is 0 Å². The second kappa shape index (κ2) is 4.24. The number of aliphatic hydroxyl groups is 1. The van der Waals surface area contributed by atoms with Crippen molar-refractivity contribution in [2.45, 2.75) is 50.9 Å². The van der Waals surface area contributed by atoms with Crippen LogP contribution in [0.15, 0.2) is 12.7 Å². The van der Waals surface area contributed by atoms with Crippen LogP contribution in [0.5, 0.6) is 0 Å². The molecule has 80 valence electrons. The Balaban J connectivity index is 2.37. The molecule has 0 amide bonds. The zero-order chi connectivity index (χ0) is 10.8. The van der Waals surface area contributed by atoms with Gasteiger partial charge in [0.25, 0.3) is 0 Å². The smallest absolute Gasteiger partial charge is 0.186 e. The maximum atomic E-state index is 11.2. The summed E-state index contributed by atoms with van der Waals surface area (Å²) in [5, 5.41) is 9.78. The third-order valence-corrected chi connectivity index (χ3v) is 2.71. The Labute approximate surface area is 84.8 Å². The van der Waals surface area contributed by atoms with Crippen molar-refractivity contribution in [3.8, 4) is 0 Å². The maximum absolute atomic E-state index is 11.2. The van der Waals surface area contributed by atoms with Crippen molar-refractivity contribution < 1.29 is 14.6 Å². The van der Waals surface area contributed by atoms with Gasteiger partial charge in [-0.2, -0.15) is 0 Å². The third kappa shape index (κ3) is 2.42. The van der Waals surface area contributed by atoms with Crippen molar-refractivity contribution in [1.29, 1.82) is 0 Å². The Hall–Kier alpha value is -0.670. The van der Waals surface area contributed by atoms with Gasteiger partial charge in [0.15, 0.2) is 5.78 Å². The number of hydrogen-bond donors (Lipinski definition) is 1. The fraction of sp³-hybridized carbons (Fsp3) is 0.727. The lowest BCUT2D eigenvalue weighted by Crippen LogP contribution is -2.45. The second-order valence-corrected chi connectivity index (χ2v) is 4.07. The van der Waals surface area contributed by atoms with Gasteiger partial charge in [0.05, 0.1) is 12.2 Å². The van der Waals surface area contributed by atoms with E-state index in [9.17, 15) is 9.90 Å². The molecule has 0 aliphatic carbocycles. The first-order chi connectivity index (χ1) is 6.49. The van der Waals surface area contributed by atoms with Crippen LogP contribution in [0, 0.1) is 0 Å². The Kier molecular flexibility index (Phi) is 3.45. The molecule has 3 unspecified atom stereocenters. The molecule has 1 rings (SSSR count). The standard InChI is InChI=1S/C11H18O3/c1-4-8-6-9(14-8)7-11(3,13)10(12)5-2/h5,8-9,13H,2,4,6-7H2,1,3H3. The van der Waals surface area contributed by atoms with Crippen LogP contribution in [0.2, 0.25) is 0 Å². The molecule has 1 aliphatic rings. The Morgan fingerprint density at radius 2 is 2.29 bits per heavy atom. The molecule has 0 saturated carbocycles. The van der Waals surface area contributed by atoms with Crippen molar-refractivity contribution in [2.75, 3.05) is 0 Å². The Morgan fingerprint density at radius 1 is 1.71 bits per heavy atom. The molecule has 1 heterocycles. The zero-order valence-electron chi connectivity index (χ0n) is 8.82. The zero-order valence-corrected chi connectivity index (χ0v) is 8.82. The van der Waals surface area contributed by atoms with Gasteiger partial charge in [-0.25, -0.2) is 0 Å². The molecule has 3 heteroatoms. The van der Waals surface area contributed by atoms with Gasteiger partial charge in [0, 0.05) is 6.42 Å². The van der Waals surface area contributed by atoms with Crippen molar-refractivity contribution in [3.63, 3.8) is 0 Å². The van der Waals surface area contributed by atoms with Crippen LogP contribution in [0.1, 0.15) is 33.1 Å². The summed E-state index contributed by atoms with van der Waals surface area (Å²) >= 11 is 0. The lowest BCUT2D eigenvalue weighted by Gasteiger charge is -2.38. The molecule has 0 aromatic carbocycles. The van der Waals surface area contributed by atoms with E-state index in [1.807, 2.05) is 0 Å². The molecule has 1 aliphatic heterocycles. The van der Waals surface area contributed by atoms with Gasteiger partial charge >= 0.3 is 0 Å². The molecular weight excluding hydrogens is 180 g/mol. The summed E-state index contributed by atoms with van der Waals surface area (Å²) in [4.78, 5) is 11.2. The average molecular weight is 198 g/mol. The van der Waals surface area contributed by atoms with Crippen molar-refractivity contribution in [1.82, 2.24) is 0 Å². The number of ketones is 1. The third-order valence-electron chi connectivity index (χ3n) is 2.71. The molecule has 3 atom stereocenters. The van der Waals surface area contributed by atoms with E-state index in [2.05, 4.69) is 13.5 Å². The molecule has 1 N–H and O–H groups in total. The number of rotatable bonds is 5. The van der Waals surface area contributed by atoms with Crippen molar-refractivity contribution in [3.05, 3.63) is 12.7 Å². The maximum Gasteiger partial charge on any atom is 0.186 e. The minimum atomic E-state index is -1.31. The highest BCUT2D eigenvalue weighted by Gasteiger charge is 2.37. The van der Waals surface area contributed by atoms with Crippen LogP contribution in [0.4, 0.5) is 0 Å². The monoisotopic (exact) mass is 198 g/mol. The summed E-state index contributed by atoms with van der Waals surface area (Å²) in [6, 6.07) is 0. The topological polar surface area (TPSA) is 46.5 Å². The molecule has 0 bridgehead atoms. The van der Waals surface area contributed by atoms with Crippen LogP contribution in [0.3, 0.4) is 0 Å². The minimum Gasteiger partial charge on any atom is -0.382 e. The van der Waals surface area contributed by atoms with E-state index in [-0.39, 0.29) is 11.9 Å². The van der Waals surface area contributed by atoms with Gasteiger partial charge in [-0.1, -0.05) is 13.5 Å². The summed E-state index contributed by atoms with van der Waals surface area (Å²) in [7, 11) is 0. The van der Waals surface area contributed by atoms with Gasteiger partial charge in [-0.3, -0.25) is 4.79 Å². The van der Waals surface area contributed by atoms with Gasteiger partial charge in [0.1, 0.15) is 5.60 Å². The molecule has 14 heavy (non-hydrogen) atoms. The first-order valence-electron chi connectivity index (χ1n) is 5.04. The normalized spacial score (nSPS) is 30.2. The predicted molar refractivity (Wildman–Crippen MR) is 54.0 cm³/mol. The van der Waals surface area contributed by atoms with Gasteiger partial charge in [-0.15, -0.1) is 0 Å². The van der Waals surface area contributed by atoms with Gasteiger partial charge in [0.2, 0.25) is 0 Å². The first kappa shape index (κ1) is 11.4. The van der Waals surface area contributed by atoms with Crippen LogP contribution in [0.25, 0.3) is 0 Å². The van der Waals surface area contributed by atoms with E-state index in [4.69, 9.17) is 4.74 Å². The molecule has 0 aromatic heterocycles. The van der Waals surface area contributed by atoms with E-state index in [1.54, 1.807) is 0 Å². The van der Waals surface area contributed by atoms with E-state index in [1.165, 1.54) is 6.92 Å². The summed E-state index contributed by atoms with van der Waals surface area (Å²) in [6.07, 6.45) is 3.81. The van der Waals surface area contributed by atoms with Gasteiger partial charge in [-0.05, 0) is 25.8 Å². The molecule has 1 saturated heterocycles. The number of hydrogen-bond acceptors (Lipinski definition) is 3. The number of carbonyl (C=O) groups excluding carboxylic acids is 1. The lowest BCUT2D eigenvalue weighted by molar-refractivity contribution is -0.160. The molecule has 0 radical (unpaired) electrons. The average Bonchev–Trinajstić information content (AvgIpc) is 2.09. The summed E-state index contributed by atoms with van der Waals surface area (Å²) in [6.45, 7) is 6.94. The predicted octanol–water partition coefficient (Wildman–Crippen LogP) is 1.45. The Bertz CT molecular complexity index is 227. The van der Waals surface area contributed by atoms with E-state index in [0.29, 0.717) is 12.5 Å². The van der Waals surface area contributed by atoms with Crippen molar-refractivity contribution in [2.24, 2.45) is 0 Å². The lowest BCUT2D eigenvalue weighted by atomic mass is 9.88. The quantitative estimate of drug-likeness (QED) is 0.680. The number of ether oxygens (including phenoxy) is 1. The van der Waals surface area contributed by atoms with Crippen molar-refractivity contribution >= 4 is 5.78 Å².